The van der Waals surface area contributed by atoms with Gasteiger partial charge in [0, 0.05) is 27.5 Å². The van der Waals surface area contributed by atoms with E-state index in [0.717, 1.165) is 10.4 Å². The molecule has 0 saturated carbocycles. The van der Waals surface area contributed by atoms with Crippen molar-refractivity contribution in [2.24, 2.45) is 5.10 Å². The Hall–Kier alpha value is -2.45. The van der Waals surface area contributed by atoms with E-state index >= 15 is 0 Å². The van der Waals surface area contributed by atoms with E-state index < -0.39 is 0 Å². The third-order valence-corrected chi connectivity index (χ3v) is 4.38. The number of amides is 2. The van der Waals surface area contributed by atoms with Crippen molar-refractivity contribution in [2.75, 3.05) is 11.1 Å². The molecule has 0 saturated heterocycles. The number of aromatic nitrogens is 1. The number of nitrogens with zero attached hydrogens (tertiary/aromatic N) is 2. The Labute approximate surface area is 154 Å². The number of aryl methyl sites for hydroxylation is 1. The van der Waals surface area contributed by atoms with Crippen LogP contribution in [0.25, 0.3) is 0 Å². The summed E-state index contributed by atoms with van der Waals surface area (Å²) < 4.78 is 0. The van der Waals surface area contributed by atoms with Gasteiger partial charge in [-0.1, -0.05) is 17.7 Å². The topological polar surface area (TPSA) is 109 Å². The van der Waals surface area contributed by atoms with Crippen LogP contribution in [0.1, 0.15) is 23.8 Å². The zero-order valence-corrected chi connectivity index (χ0v) is 15.4. The molecule has 0 aliphatic heterocycles. The van der Waals surface area contributed by atoms with E-state index in [2.05, 4.69) is 20.8 Å². The van der Waals surface area contributed by atoms with Crippen LogP contribution in [0.4, 0.5) is 10.8 Å². The molecular formula is C16H18ClN5O2S. The van der Waals surface area contributed by atoms with Crippen molar-refractivity contribution in [1.29, 1.82) is 0 Å². The second kappa shape index (κ2) is 8.59. The molecule has 0 aliphatic carbocycles. The molecule has 0 spiro atoms. The number of hydrogen-bond acceptors (Lipinski definition) is 6. The van der Waals surface area contributed by atoms with Gasteiger partial charge in [0.05, 0.1) is 12.8 Å². The van der Waals surface area contributed by atoms with Crippen LogP contribution >= 0.6 is 22.9 Å². The lowest BCUT2D eigenvalue weighted by Crippen LogP contribution is -2.22. The highest BCUT2D eigenvalue weighted by atomic mass is 35.5. The van der Waals surface area contributed by atoms with Gasteiger partial charge in [0.25, 0.3) is 0 Å². The molecule has 1 aromatic carbocycles. The van der Waals surface area contributed by atoms with Gasteiger partial charge in [0.1, 0.15) is 0 Å². The van der Waals surface area contributed by atoms with Crippen LogP contribution in [0.3, 0.4) is 0 Å². The number of thiazole rings is 1. The largest absolute Gasteiger partial charge is 0.375 e. The molecule has 2 rings (SSSR count). The minimum atomic E-state index is -0.297. The number of carbonyl (C=O) groups excluding carboxylic acids is 2. The number of hydrogen-bond donors (Lipinski definition) is 3. The maximum Gasteiger partial charge on any atom is 0.245 e. The fourth-order valence-corrected chi connectivity index (χ4v) is 2.77. The minimum Gasteiger partial charge on any atom is -0.375 e. The predicted octanol–water partition coefficient (Wildman–Crippen LogP) is 2.75. The Bertz CT molecular complexity index is 819. The summed E-state index contributed by atoms with van der Waals surface area (Å²) in [5.41, 5.74) is 9.94. The van der Waals surface area contributed by atoms with E-state index in [9.17, 15) is 9.59 Å². The summed E-state index contributed by atoms with van der Waals surface area (Å²) in [5.74, 6) is -0.542. The van der Waals surface area contributed by atoms with Gasteiger partial charge >= 0.3 is 0 Å². The summed E-state index contributed by atoms with van der Waals surface area (Å²) in [5, 5.41) is 7.65. The molecule has 0 radical (unpaired) electrons. The summed E-state index contributed by atoms with van der Waals surface area (Å²) in [7, 11) is 0. The average molecular weight is 380 g/mol. The normalized spacial score (nSPS) is 11.2. The molecule has 2 aromatic rings. The Balaban J connectivity index is 1.82. The molecule has 0 unspecified atom stereocenters. The summed E-state index contributed by atoms with van der Waals surface area (Å²) in [6.45, 7) is 3.54. The van der Waals surface area contributed by atoms with Crippen molar-refractivity contribution in [3.05, 3.63) is 39.9 Å². The Morgan fingerprint density at radius 3 is 2.76 bits per heavy atom. The Kier molecular flexibility index (Phi) is 6.49. The second-order valence-electron chi connectivity index (χ2n) is 5.41. The third-order valence-electron chi connectivity index (χ3n) is 3.15. The third kappa shape index (κ3) is 6.17. The molecule has 1 aromatic heterocycles. The molecule has 25 heavy (non-hydrogen) atoms. The zero-order chi connectivity index (χ0) is 18.4. The summed E-state index contributed by atoms with van der Waals surface area (Å²) >= 11 is 7.27. The number of nitrogens with two attached hydrogens (primary N) is 1. The molecule has 132 valence electrons. The standard InChI is InChI=1S/C16H18ClN5O2S/c1-9-3-4-11(6-13(9)17)20-14(23)5-10(2)21-22-15(24)7-12-8-19-16(18)25-12/h3-4,6,8H,5,7H2,1-2H3,(H2,18,19)(H,20,23)(H,22,24)/b21-10-. The van der Waals surface area contributed by atoms with Crippen molar-refractivity contribution in [3.8, 4) is 0 Å². The number of benzene rings is 1. The summed E-state index contributed by atoms with van der Waals surface area (Å²) in [4.78, 5) is 28.4. The first-order valence-corrected chi connectivity index (χ1v) is 8.61. The lowest BCUT2D eigenvalue weighted by molar-refractivity contribution is -0.120. The molecule has 0 atom stereocenters. The van der Waals surface area contributed by atoms with E-state index in [1.54, 1.807) is 25.3 Å². The van der Waals surface area contributed by atoms with Gasteiger partial charge in [-0.3, -0.25) is 9.59 Å². The molecule has 4 N–H and O–H groups in total. The van der Waals surface area contributed by atoms with Crippen LogP contribution < -0.4 is 16.5 Å². The van der Waals surface area contributed by atoms with E-state index in [0.29, 0.717) is 21.6 Å². The van der Waals surface area contributed by atoms with E-state index in [-0.39, 0.29) is 24.7 Å². The van der Waals surface area contributed by atoms with Crippen LogP contribution in [-0.2, 0) is 16.0 Å². The van der Waals surface area contributed by atoms with E-state index in [1.807, 2.05) is 13.0 Å². The maximum atomic E-state index is 12.0. The van der Waals surface area contributed by atoms with Crippen LogP contribution in [-0.4, -0.2) is 22.5 Å². The number of carbonyl (C=O) groups is 2. The first-order chi connectivity index (χ1) is 11.8. The van der Waals surface area contributed by atoms with Gasteiger partial charge in [-0.2, -0.15) is 5.10 Å². The number of nitrogens with one attached hydrogen (secondary N) is 2. The number of rotatable bonds is 6. The van der Waals surface area contributed by atoms with Crippen LogP contribution in [0, 0.1) is 6.92 Å². The fraction of sp³-hybridized carbons (Fsp3) is 0.250. The molecule has 2 amide bonds. The highest BCUT2D eigenvalue weighted by molar-refractivity contribution is 7.15. The molecule has 9 heteroatoms. The minimum absolute atomic E-state index is 0.0548. The fourth-order valence-electron chi connectivity index (χ4n) is 1.91. The zero-order valence-electron chi connectivity index (χ0n) is 13.8. The van der Waals surface area contributed by atoms with Crippen molar-refractivity contribution in [1.82, 2.24) is 10.4 Å². The molecule has 0 bridgehead atoms. The molecule has 0 fully saturated rings. The lowest BCUT2D eigenvalue weighted by Gasteiger charge is -2.07. The Morgan fingerprint density at radius 2 is 2.12 bits per heavy atom. The SMILES string of the molecule is C/C(CC(=O)Nc1ccc(C)c(Cl)c1)=N/NC(=O)Cc1cnc(N)s1. The second-order valence-corrected chi connectivity index (χ2v) is 6.97. The van der Waals surface area contributed by atoms with E-state index in [1.165, 1.54) is 11.3 Å². The number of hydrazone groups is 1. The van der Waals surface area contributed by atoms with Crippen molar-refractivity contribution in [3.63, 3.8) is 0 Å². The highest BCUT2D eigenvalue weighted by Gasteiger charge is 2.08. The maximum absolute atomic E-state index is 12.0. The summed E-state index contributed by atoms with van der Waals surface area (Å²) in [6, 6.07) is 5.28. The predicted molar refractivity (Wildman–Crippen MR) is 101 cm³/mol. The quantitative estimate of drug-likeness (QED) is 0.529. The molecule has 7 nitrogen and oxygen atoms in total. The smallest absolute Gasteiger partial charge is 0.245 e. The molecule has 1 heterocycles. The van der Waals surface area contributed by atoms with Gasteiger partial charge in [0.15, 0.2) is 5.13 Å². The molecular weight excluding hydrogens is 362 g/mol. The van der Waals surface area contributed by atoms with Crippen molar-refractivity contribution in [2.45, 2.75) is 26.7 Å². The lowest BCUT2D eigenvalue weighted by atomic mass is 10.2. The Morgan fingerprint density at radius 1 is 1.36 bits per heavy atom. The van der Waals surface area contributed by atoms with Gasteiger partial charge in [0.2, 0.25) is 11.8 Å². The van der Waals surface area contributed by atoms with Gasteiger partial charge in [-0.05, 0) is 31.5 Å². The summed E-state index contributed by atoms with van der Waals surface area (Å²) in [6.07, 6.45) is 1.75. The highest BCUT2D eigenvalue weighted by Crippen LogP contribution is 2.20. The first kappa shape index (κ1) is 18.9. The van der Waals surface area contributed by atoms with Crippen LogP contribution in [0.2, 0.25) is 5.02 Å². The van der Waals surface area contributed by atoms with Crippen LogP contribution in [0.15, 0.2) is 29.5 Å². The average Bonchev–Trinajstić information content (AvgIpc) is 2.94. The number of anilines is 2. The van der Waals surface area contributed by atoms with Crippen molar-refractivity contribution < 1.29 is 9.59 Å². The van der Waals surface area contributed by atoms with Gasteiger partial charge < -0.3 is 11.1 Å². The van der Waals surface area contributed by atoms with Crippen molar-refractivity contribution >= 4 is 51.3 Å². The number of halogens is 1. The van der Waals surface area contributed by atoms with E-state index in [4.69, 9.17) is 17.3 Å². The van der Waals surface area contributed by atoms with Gasteiger partial charge in [-0.15, -0.1) is 11.3 Å². The molecule has 0 aliphatic rings. The number of nitrogen functional groups attached to an aromatic ring is 1. The van der Waals surface area contributed by atoms with Gasteiger partial charge in [-0.25, -0.2) is 10.4 Å². The first-order valence-electron chi connectivity index (χ1n) is 7.41. The van der Waals surface area contributed by atoms with Crippen LogP contribution in [0.5, 0.6) is 0 Å². The monoisotopic (exact) mass is 379 g/mol.